The van der Waals surface area contributed by atoms with Gasteiger partial charge in [0, 0.05) is 15.7 Å². The van der Waals surface area contributed by atoms with Crippen LogP contribution in [0.3, 0.4) is 0 Å². The Morgan fingerprint density at radius 1 is 1.00 bits per heavy atom. The molecule has 0 spiro atoms. The van der Waals surface area contributed by atoms with E-state index in [1.54, 1.807) is 0 Å². The summed E-state index contributed by atoms with van der Waals surface area (Å²) in [6.07, 6.45) is 2.22. The van der Waals surface area contributed by atoms with Crippen molar-refractivity contribution in [3.05, 3.63) is 76.9 Å². The standard InChI is InChI=1S/C20H19F3O3S2/c21-20(22,23)28(24,25)26-19-16(14-15-8-3-1-4-9-15)10-7-13-18(19)27-17-11-5-2-6-12-17/h1-6,8-9,11-12,16H,7,10,13-14H2. The second-order valence-electron chi connectivity index (χ2n) is 6.46. The van der Waals surface area contributed by atoms with Crippen molar-refractivity contribution in [2.24, 2.45) is 5.92 Å². The minimum atomic E-state index is -5.72. The number of rotatable bonds is 6. The van der Waals surface area contributed by atoms with Gasteiger partial charge in [-0.1, -0.05) is 60.3 Å². The molecular formula is C20H19F3O3S2. The summed E-state index contributed by atoms with van der Waals surface area (Å²) in [7, 11) is -5.72. The molecule has 0 N–H and O–H groups in total. The molecule has 0 bridgehead atoms. The summed E-state index contributed by atoms with van der Waals surface area (Å²) in [5.41, 5.74) is -4.54. The molecule has 0 amide bonds. The Labute approximate surface area is 166 Å². The highest BCUT2D eigenvalue weighted by Crippen LogP contribution is 2.43. The van der Waals surface area contributed by atoms with Gasteiger partial charge in [0.25, 0.3) is 0 Å². The van der Waals surface area contributed by atoms with E-state index in [1.165, 1.54) is 11.8 Å². The third kappa shape index (κ3) is 5.11. The Morgan fingerprint density at radius 3 is 2.21 bits per heavy atom. The van der Waals surface area contributed by atoms with Crippen molar-refractivity contribution in [1.82, 2.24) is 0 Å². The second-order valence-corrected chi connectivity index (χ2v) is 9.17. The normalized spacial score (nSPS) is 18.2. The molecule has 0 saturated carbocycles. The Kier molecular flexibility index (Phi) is 6.40. The summed E-state index contributed by atoms with van der Waals surface area (Å²) >= 11 is 1.26. The number of hydrogen-bond acceptors (Lipinski definition) is 4. The lowest BCUT2D eigenvalue weighted by atomic mass is 9.88. The van der Waals surface area contributed by atoms with E-state index in [4.69, 9.17) is 4.18 Å². The number of hydrogen-bond donors (Lipinski definition) is 0. The van der Waals surface area contributed by atoms with Crippen LogP contribution in [0, 0.1) is 5.92 Å². The van der Waals surface area contributed by atoms with Gasteiger partial charge < -0.3 is 4.18 Å². The van der Waals surface area contributed by atoms with E-state index in [1.807, 2.05) is 60.7 Å². The van der Waals surface area contributed by atoms with Crippen LogP contribution >= 0.6 is 11.8 Å². The quantitative estimate of drug-likeness (QED) is 0.424. The molecule has 8 heteroatoms. The molecule has 28 heavy (non-hydrogen) atoms. The fourth-order valence-electron chi connectivity index (χ4n) is 3.10. The minimum absolute atomic E-state index is 0.0821. The molecule has 1 unspecified atom stereocenters. The van der Waals surface area contributed by atoms with E-state index in [2.05, 4.69) is 0 Å². The van der Waals surface area contributed by atoms with Gasteiger partial charge in [0.2, 0.25) is 0 Å². The molecule has 1 aliphatic carbocycles. The zero-order chi connectivity index (χ0) is 20.2. The number of thioether (sulfide) groups is 1. The number of alkyl halides is 3. The fraction of sp³-hybridized carbons (Fsp3) is 0.300. The first-order valence-corrected chi connectivity index (χ1v) is 11.0. The highest BCUT2D eigenvalue weighted by molar-refractivity contribution is 8.03. The Bertz CT molecular complexity index is 924. The third-order valence-electron chi connectivity index (χ3n) is 4.39. The Hall–Kier alpha value is -1.93. The molecule has 0 heterocycles. The van der Waals surface area contributed by atoms with E-state index in [0.717, 1.165) is 16.9 Å². The highest BCUT2D eigenvalue weighted by Gasteiger charge is 2.50. The maximum absolute atomic E-state index is 13.0. The van der Waals surface area contributed by atoms with Crippen molar-refractivity contribution < 1.29 is 25.8 Å². The lowest BCUT2D eigenvalue weighted by Gasteiger charge is -2.28. The van der Waals surface area contributed by atoms with Crippen molar-refractivity contribution in [2.45, 2.75) is 36.1 Å². The molecule has 0 fully saturated rings. The molecule has 3 rings (SSSR count). The van der Waals surface area contributed by atoms with E-state index in [0.29, 0.717) is 24.2 Å². The number of benzene rings is 2. The van der Waals surface area contributed by atoms with Gasteiger partial charge in [-0.2, -0.15) is 21.6 Å². The molecule has 0 radical (unpaired) electrons. The fourth-order valence-corrected chi connectivity index (χ4v) is 4.85. The third-order valence-corrected chi connectivity index (χ3v) is 6.52. The SMILES string of the molecule is O=S(=O)(OC1=C(Sc2ccccc2)CCCC1Cc1ccccc1)C(F)(F)F. The van der Waals surface area contributed by atoms with E-state index in [-0.39, 0.29) is 5.76 Å². The topological polar surface area (TPSA) is 43.4 Å². The molecule has 0 aliphatic heterocycles. The van der Waals surface area contributed by atoms with Crippen LogP contribution in [0.5, 0.6) is 0 Å². The lowest BCUT2D eigenvalue weighted by molar-refractivity contribution is -0.0528. The van der Waals surface area contributed by atoms with Gasteiger partial charge in [-0.25, -0.2) is 0 Å². The van der Waals surface area contributed by atoms with Crippen LogP contribution in [0.25, 0.3) is 0 Å². The van der Waals surface area contributed by atoms with Gasteiger partial charge in [0.1, 0.15) is 5.76 Å². The van der Waals surface area contributed by atoms with Crippen molar-refractivity contribution in [3.63, 3.8) is 0 Å². The summed E-state index contributed by atoms with van der Waals surface area (Å²) < 4.78 is 67.0. The first kappa shape index (κ1) is 20.8. The Balaban J connectivity index is 1.97. The molecular weight excluding hydrogens is 409 g/mol. The van der Waals surface area contributed by atoms with Gasteiger partial charge in [-0.05, 0) is 43.4 Å². The van der Waals surface area contributed by atoms with Gasteiger partial charge in [-0.3, -0.25) is 0 Å². The predicted molar refractivity (Wildman–Crippen MR) is 103 cm³/mol. The average Bonchev–Trinajstić information content (AvgIpc) is 2.65. The maximum atomic E-state index is 13.0. The monoisotopic (exact) mass is 428 g/mol. The molecule has 1 aliphatic rings. The summed E-state index contributed by atoms with van der Waals surface area (Å²) in [6.45, 7) is 0. The number of allylic oxidation sites excluding steroid dienone is 2. The van der Waals surface area contributed by atoms with Crippen molar-refractivity contribution in [2.75, 3.05) is 0 Å². The Morgan fingerprint density at radius 2 is 1.61 bits per heavy atom. The molecule has 2 aromatic carbocycles. The minimum Gasteiger partial charge on any atom is -0.379 e. The van der Waals surface area contributed by atoms with E-state index in [9.17, 15) is 21.6 Å². The van der Waals surface area contributed by atoms with Crippen LogP contribution in [-0.2, 0) is 20.7 Å². The molecule has 0 saturated heterocycles. The molecule has 3 nitrogen and oxygen atoms in total. The largest absolute Gasteiger partial charge is 0.534 e. The van der Waals surface area contributed by atoms with Crippen LogP contribution in [-0.4, -0.2) is 13.9 Å². The van der Waals surface area contributed by atoms with Gasteiger partial charge >= 0.3 is 15.6 Å². The summed E-state index contributed by atoms with van der Waals surface area (Å²) in [5, 5.41) is 0. The lowest BCUT2D eigenvalue weighted by Crippen LogP contribution is -2.28. The van der Waals surface area contributed by atoms with Gasteiger partial charge in [-0.15, -0.1) is 0 Å². The van der Waals surface area contributed by atoms with Crippen LogP contribution < -0.4 is 0 Å². The molecule has 2 aromatic rings. The number of halogens is 3. The summed E-state index contributed by atoms with van der Waals surface area (Å²) in [6, 6.07) is 18.4. The predicted octanol–water partition coefficient (Wildman–Crippen LogP) is 5.90. The molecule has 150 valence electrons. The van der Waals surface area contributed by atoms with E-state index >= 15 is 0 Å². The van der Waals surface area contributed by atoms with Crippen LogP contribution in [0.4, 0.5) is 13.2 Å². The first-order valence-electron chi connectivity index (χ1n) is 8.77. The van der Waals surface area contributed by atoms with Crippen molar-refractivity contribution in [1.29, 1.82) is 0 Å². The second kappa shape index (κ2) is 8.61. The van der Waals surface area contributed by atoms with E-state index < -0.39 is 21.5 Å². The smallest absolute Gasteiger partial charge is 0.379 e. The average molecular weight is 428 g/mol. The molecule has 0 aromatic heterocycles. The van der Waals surface area contributed by atoms with Crippen LogP contribution in [0.15, 0.2) is 76.2 Å². The first-order chi connectivity index (χ1) is 13.3. The van der Waals surface area contributed by atoms with Crippen LogP contribution in [0.2, 0.25) is 0 Å². The zero-order valence-corrected chi connectivity index (χ0v) is 16.5. The van der Waals surface area contributed by atoms with Crippen molar-refractivity contribution in [3.8, 4) is 0 Å². The van der Waals surface area contributed by atoms with Crippen LogP contribution in [0.1, 0.15) is 24.8 Å². The summed E-state index contributed by atoms with van der Waals surface area (Å²) in [5.74, 6) is -0.513. The highest BCUT2D eigenvalue weighted by atomic mass is 32.2. The summed E-state index contributed by atoms with van der Waals surface area (Å²) in [4.78, 5) is 1.36. The van der Waals surface area contributed by atoms with Gasteiger partial charge in [0.05, 0.1) is 0 Å². The zero-order valence-electron chi connectivity index (χ0n) is 14.9. The maximum Gasteiger partial charge on any atom is 0.534 e. The molecule has 1 atom stereocenters. The van der Waals surface area contributed by atoms with Gasteiger partial charge in [0.15, 0.2) is 0 Å². The van der Waals surface area contributed by atoms with Crippen molar-refractivity contribution >= 4 is 21.9 Å².